The topological polar surface area (TPSA) is 61.8 Å². The number of cyclic esters (lactones) is 2. The summed E-state index contributed by atoms with van der Waals surface area (Å²) in [5.41, 5.74) is 1.21. The molecule has 0 amide bonds. The van der Waals surface area contributed by atoms with Crippen LogP contribution < -0.4 is 4.74 Å². The Morgan fingerprint density at radius 2 is 1.81 bits per heavy atom. The molecule has 0 aliphatic carbocycles. The smallest absolute Gasteiger partial charge is 0.348 e. The van der Waals surface area contributed by atoms with E-state index in [0.717, 1.165) is 10.0 Å². The highest BCUT2D eigenvalue weighted by Gasteiger charge is 2.39. The Hall–Kier alpha value is -2.31. The van der Waals surface area contributed by atoms with Crippen LogP contribution in [0.1, 0.15) is 25.0 Å². The molecule has 0 atom stereocenters. The monoisotopic (exact) mass is 450 g/mol. The highest BCUT2D eigenvalue weighted by atomic mass is 79.9. The zero-order valence-electron chi connectivity index (χ0n) is 14.6. The van der Waals surface area contributed by atoms with Crippen LogP contribution in [0.5, 0.6) is 5.75 Å². The molecule has 0 N–H and O–H groups in total. The summed E-state index contributed by atoms with van der Waals surface area (Å²) in [6.07, 6.45) is 1.36. The molecule has 3 rings (SSSR count). The number of halogens is 2. The standard InChI is InChI=1S/C20H16BrClO5/c1-20(2)26-18(23)16(19(24)27-20)10-13-9-15(22)6-7-17(13)25-11-12-4-3-5-14(21)8-12/h3-10H,11H2,1-2H3. The van der Waals surface area contributed by atoms with Gasteiger partial charge in [0.2, 0.25) is 0 Å². The molecule has 0 radical (unpaired) electrons. The van der Waals surface area contributed by atoms with Gasteiger partial charge in [0.25, 0.3) is 5.79 Å². The Morgan fingerprint density at radius 1 is 1.11 bits per heavy atom. The molecule has 7 heteroatoms. The predicted molar refractivity (Wildman–Crippen MR) is 104 cm³/mol. The molecule has 1 aliphatic heterocycles. The van der Waals surface area contributed by atoms with E-state index in [1.807, 2.05) is 24.3 Å². The maximum absolute atomic E-state index is 12.2. The average Bonchev–Trinajstić information content (AvgIpc) is 2.56. The highest BCUT2D eigenvalue weighted by Crippen LogP contribution is 2.29. The van der Waals surface area contributed by atoms with E-state index in [1.165, 1.54) is 19.9 Å². The van der Waals surface area contributed by atoms with Gasteiger partial charge in [-0.25, -0.2) is 9.59 Å². The second kappa shape index (κ2) is 7.74. The van der Waals surface area contributed by atoms with E-state index in [9.17, 15) is 9.59 Å². The van der Waals surface area contributed by atoms with Gasteiger partial charge in [-0.15, -0.1) is 0 Å². The maximum Gasteiger partial charge on any atom is 0.348 e. The molecule has 27 heavy (non-hydrogen) atoms. The molecule has 1 saturated heterocycles. The third-order valence-corrected chi connectivity index (χ3v) is 4.40. The van der Waals surface area contributed by atoms with Crippen molar-refractivity contribution in [3.8, 4) is 5.75 Å². The maximum atomic E-state index is 12.2. The SMILES string of the molecule is CC1(C)OC(=O)C(=Cc2cc(Cl)ccc2OCc2cccc(Br)c2)C(=O)O1. The van der Waals surface area contributed by atoms with E-state index < -0.39 is 17.7 Å². The molecule has 140 valence electrons. The Labute approximate surface area is 170 Å². The first kappa shape index (κ1) is 19.5. The van der Waals surface area contributed by atoms with Crippen LogP contribution in [0.15, 0.2) is 52.5 Å². The molecule has 2 aromatic carbocycles. The largest absolute Gasteiger partial charge is 0.488 e. The van der Waals surface area contributed by atoms with Crippen LogP contribution in [0.2, 0.25) is 5.02 Å². The third kappa shape index (κ3) is 4.90. The summed E-state index contributed by atoms with van der Waals surface area (Å²) in [5, 5.41) is 0.439. The predicted octanol–water partition coefficient (Wildman–Crippen LogP) is 4.90. The first-order valence-corrected chi connectivity index (χ1v) is 9.26. The molecule has 1 fully saturated rings. The van der Waals surface area contributed by atoms with Gasteiger partial charge in [-0.1, -0.05) is 39.7 Å². The Bertz CT molecular complexity index is 914. The molecule has 0 spiro atoms. The van der Waals surface area contributed by atoms with Crippen molar-refractivity contribution in [2.45, 2.75) is 26.2 Å². The van der Waals surface area contributed by atoms with Gasteiger partial charge in [-0.05, 0) is 42.0 Å². The van der Waals surface area contributed by atoms with Crippen molar-refractivity contribution in [1.29, 1.82) is 0 Å². The fourth-order valence-corrected chi connectivity index (χ4v) is 3.11. The van der Waals surface area contributed by atoms with Crippen LogP contribution in [0.4, 0.5) is 0 Å². The molecule has 0 bridgehead atoms. The minimum absolute atomic E-state index is 0.219. The van der Waals surface area contributed by atoms with Gasteiger partial charge in [0.15, 0.2) is 0 Å². The summed E-state index contributed by atoms with van der Waals surface area (Å²) in [6, 6.07) is 12.6. The lowest BCUT2D eigenvalue weighted by atomic mass is 10.1. The molecule has 5 nitrogen and oxygen atoms in total. The minimum atomic E-state index is -1.29. The van der Waals surface area contributed by atoms with E-state index in [2.05, 4.69) is 15.9 Å². The molecule has 2 aromatic rings. The van der Waals surface area contributed by atoms with Crippen molar-refractivity contribution in [2.75, 3.05) is 0 Å². The number of carbonyl (C=O) groups excluding carboxylic acids is 2. The van der Waals surface area contributed by atoms with E-state index in [1.54, 1.807) is 18.2 Å². The van der Waals surface area contributed by atoms with Crippen molar-refractivity contribution in [3.05, 3.63) is 68.7 Å². The first-order chi connectivity index (χ1) is 12.7. The number of esters is 2. The van der Waals surface area contributed by atoms with E-state index >= 15 is 0 Å². The summed E-state index contributed by atoms with van der Waals surface area (Å²) in [7, 11) is 0. The normalized spacial score (nSPS) is 15.8. The van der Waals surface area contributed by atoms with E-state index in [0.29, 0.717) is 22.9 Å². The van der Waals surface area contributed by atoms with Gasteiger partial charge in [-0.3, -0.25) is 0 Å². The fraction of sp³-hybridized carbons (Fsp3) is 0.200. The molecule has 1 aliphatic rings. The molecule has 0 saturated carbocycles. The van der Waals surface area contributed by atoms with Crippen molar-refractivity contribution in [2.24, 2.45) is 0 Å². The molecular formula is C20H16BrClO5. The average molecular weight is 452 g/mol. The number of rotatable bonds is 4. The minimum Gasteiger partial charge on any atom is -0.488 e. The fourth-order valence-electron chi connectivity index (χ4n) is 2.49. The summed E-state index contributed by atoms with van der Waals surface area (Å²) >= 11 is 9.48. The summed E-state index contributed by atoms with van der Waals surface area (Å²) in [4.78, 5) is 24.3. The van der Waals surface area contributed by atoms with Crippen molar-refractivity contribution in [1.82, 2.24) is 0 Å². The van der Waals surface area contributed by atoms with Crippen LogP contribution in [-0.2, 0) is 25.7 Å². The van der Waals surface area contributed by atoms with Crippen molar-refractivity contribution in [3.63, 3.8) is 0 Å². The van der Waals surface area contributed by atoms with Crippen molar-refractivity contribution < 1.29 is 23.8 Å². The summed E-state index contributed by atoms with van der Waals surface area (Å²) in [6.45, 7) is 3.29. The Balaban J connectivity index is 1.88. The van der Waals surface area contributed by atoms with Gasteiger partial charge in [-0.2, -0.15) is 0 Å². The van der Waals surface area contributed by atoms with Crippen molar-refractivity contribution >= 4 is 45.5 Å². The quantitative estimate of drug-likeness (QED) is 0.376. The van der Waals surface area contributed by atoms with Gasteiger partial charge in [0.1, 0.15) is 17.9 Å². The lowest BCUT2D eigenvalue weighted by Gasteiger charge is -2.29. The number of ether oxygens (including phenoxy) is 3. The van der Waals surface area contributed by atoms with E-state index in [-0.39, 0.29) is 5.57 Å². The number of carbonyl (C=O) groups is 2. The zero-order valence-corrected chi connectivity index (χ0v) is 17.0. The Kier molecular flexibility index (Phi) is 5.58. The van der Waals surface area contributed by atoms with Gasteiger partial charge < -0.3 is 14.2 Å². The van der Waals surface area contributed by atoms with Gasteiger partial charge >= 0.3 is 11.9 Å². The summed E-state index contributed by atoms with van der Waals surface area (Å²) in [5.74, 6) is -2.33. The molecular weight excluding hydrogens is 436 g/mol. The number of hydrogen-bond acceptors (Lipinski definition) is 5. The van der Waals surface area contributed by atoms with Gasteiger partial charge in [0.05, 0.1) is 0 Å². The molecule has 0 unspecified atom stereocenters. The van der Waals surface area contributed by atoms with Crippen LogP contribution in [-0.4, -0.2) is 17.7 Å². The lowest BCUT2D eigenvalue weighted by molar-refractivity contribution is -0.222. The zero-order chi connectivity index (χ0) is 19.6. The second-order valence-electron chi connectivity index (χ2n) is 6.34. The first-order valence-electron chi connectivity index (χ1n) is 8.09. The summed E-state index contributed by atoms with van der Waals surface area (Å²) < 4.78 is 17.0. The third-order valence-electron chi connectivity index (χ3n) is 3.67. The second-order valence-corrected chi connectivity index (χ2v) is 7.69. The van der Waals surface area contributed by atoms with Crippen LogP contribution in [0.25, 0.3) is 6.08 Å². The van der Waals surface area contributed by atoms with Crippen LogP contribution in [0.3, 0.4) is 0 Å². The van der Waals surface area contributed by atoms with Gasteiger partial charge in [0, 0.05) is 28.9 Å². The Morgan fingerprint density at radius 3 is 2.48 bits per heavy atom. The van der Waals surface area contributed by atoms with Crippen LogP contribution in [0, 0.1) is 0 Å². The number of hydrogen-bond donors (Lipinski definition) is 0. The molecule has 0 aromatic heterocycles. The highest BCUT2D eigenvalue weighted by molar-refractivity contribution is 9.10. The number of benzene rings is 2. The lowest BCUT2D eigenvalue weighted by Crippen LogP contribution is -2.41. The van der Waals surface area contributed by atoms with E-state index in [4.69, 9.17) is 25.8 Å². The molecule has 1 heterocycles. The van der Waals surface area contributed by atoms with Crippen LogP contribution >= 0.6 is 27.5 Å².